The summed E-state index contributed by atoms with van der Waals surface area (Å²) in [6.45, 7) is 0.960. The van der Waals surface area contributed by atoms with Crippen LogP contribution >= 0.6 is 23.4 Å². The zero-order valence-electron chi connectivity index (χ0n) is 9.77. The van der Waals surface area contributed by atoms with Crippen LogP contribution in [0.4, 0.5) is 26.3 Å². The lowest BCUT2D eigenvalue weighted by atomic mass is 10.0. The molecule has 0 saturated carbocycles. The summed E-state index contributed by atoms with van der Waals surface area (Å²) in [6, 6.07) is 2.58. The van der Waals surface area contributed by atoms with Crippen molar-refractivity contribution in [3.8, 4) is 0 Å². The molecule has 1 unspecified atom stereocenters. The molecule has 0 spiro atoms. The highest BCUT2D eigenvalue weighted by Crippen LogP contribution is 2.46. The Balaban J connectivity index is 3.47. The van der Waals surface area contributed by atoms with Gasteiger partial charge < -0.3 is 0 Å². The fourth-order valence-electron chi connectivity index (χ4n) is 1.49. The molecule has 0 heterocycles. The maximum absolute atomic E-state index is 13.0. The van der Waals surface area contributed by atoms with E-state index in [9.17, 15) is 31.1 Å². The minimum atomic E-state index is -5.05. The average molecular weight is 337 g/mol. The van der Waals surface area contributed by atoms with Gasteiger partial charge in [0.15, 0.2) is 5.78 Å². The van der Waals surface area contributed by atoms with Crippen LogP contribution in [0.2, 0.25) is 0 Å². The number of halogens is 7. The predicted molar refractivity (Wildman–Crippen MR) is 62.6 cm³/mol. The minimum absolute atomic E-state index is 0.680. The fourth-order valence-corrected chi connectivity index (χ4v) is 2.40. The molecule has 20 heavy (non-hydrogen) atoms. The zero-order valence-corrected chi connectivity index (χ0v) is 11.3. The van der Waals surface area contributed by atoms with Crippen LogP contribution < -0.4 is 0 Å². The first-order valence-electron chi connectivity index (χ1n) is 5.04. The van der Waals surface area contributed by atoms with Crippen molar-refractivity contribution in [3.05, 3.63) is 29.3 Å². The lowest BCUT2D eigenvalue weighted by Gasteiger charge is -2.19. The van der Waals surface area contributed by atoms with Crippen molar-refractivity contribution in [2.45, 2.75) is 28.9 Å². The van der Waals surface area contributed by atoms with Crippen LogP contribution in [0.25, 0.3) is 0 Å². The molecule has 112 valence electrons. The Hall–Kier alpha value is -0.890. The average Bonchev–Trinajstić information content (AvgIpc) is 2.23. The maximum Gasteiger partial charge on any atom is 0.446 e. The van der Waals surface area contributed by atoms with E-state index in [1.54, 1.807) is 0 Å². The Morgan fingerprint density at radius 3 is 2.15 bits per heavy atom. The van der Waals surface area contributed by atoms with E-state index < -0.39 is 50.6 Å². The van der Waals surface area contributed by atoms with Gasteiger partial charge in [0.05, 0.1) is 5.56 Å². The summed E-state index contributed by atoms with van der Waals surface area (Å²) < 4.78 is 75.8. The SMILES string of the molecule is CC(=O)C(Cl)c1cccc(SC(F)(F)F)c1C(F)(F)F. The lowest BCUT2D eigenvalue weighted by molar-refractivity contribution is -0.140. The molecule has 1 rings (SSSR count). The van der Waals surface area contributed by atoms with Crippen LogP contribution in [0.3, 0.4) is 0 Å². The number of benzene rings is 1. The highest BCUT2D eigenvalue weighted by atomic mass is 35.5. The number of hydrogen-bond donors (Lipinski definition) is 0. The zero-order chi connectivity index (χ0) is 15.7. The van der Waals surface area contributed by atoms with Crippen molar-refractivity contribution in [1.82, 2.24) is 0 Å². The van der Waals surface area contributed by atoms with Gasteiger partial charge in [-0.3, -0.25) is 4.79 Å². The molecule has 0 saturated heterocycles. The van der Waals surface area contributed by atoms with E-state index in [-0.39, 0.29) is 0 Å². The predicted octanol–water partition coefficient (Wildman–Crippen LogP) is 5.19. The third-order valence-corrected chi connectivity index (χ3v) is 3.53. The summed E-state index contributed by atoms with van der Waals surface area (Å²) in [7, 11) is 0. The molecular formula is C11H7ClF6OS. The number of rotatable bonds is 3. The molecule has 0 aliphatic rings. The second-order valence-corrected chi connectivity index (χ2v) is 5.28. The third-order valence-electron chi connectivity index (χ3n) is 2.20. The third kappa shape index (κ3) is 4.31. The van der Waals surface area contributed by atoms with E-state index in [4.69, 9.17) is 11.6 Å². The molecule has 1 nitrogen and oxygen atoms in total. The molecule has 0 fully saturated rings. The first-order chi connectivity index (χ1) is 8.93. The number of hydrogen-bond acceptors (Lipinski definition) is 2. The Kier molecular flexibility index (Phi) is 5.02. The monoisotopic (exact) mass is 336 g/mol. The van der Waals surface area contributed by atoms with Crippen molar-refractivity contribution in [2.24, 2.45) is 0 Å². The van der Waals surface area contributed by atoms with Crippen LogP contribution in [0, 0.1) is 0 Å². The molecule has 0 radical (unpaired) electrons. The van der Waals surface area contributed by atoms with Crippen molar-refractivity contribution >= 4 is 29.1 Å². The van der Waals surface area contributed by atoms with Gasteiger partial charge in [0, 0.05) is 4.90 Å². The summed E-state index contributed by atoms with van der Waals surface area (Å²) in [6.07, 6.45) is -5.05. The van der Waals surface area contributed by atoms with Gasteiger partial charge >= 0.3 is 11.7 Å². The van der Waals surface area contributed by atoms with Crippen molar-refractivity contribution in [2.75, 3.05) is 0 Å². The van der Waals surface area contributed by atoms with Gasteiger partial charge in [0.1, 0.15) is 5.38 Å². The molecule has 0 amide bonds. The second kappa shape index (κ2) is 5.85. The van der Waals surface area contributed by atoms with Gasteiger partial charge in [-0.05, 0) is 30.3 Å². The highest BCUT2D eigenvalue weighted by Gasteiger charge is 2.41. The summed E-state index contributed by atoms with van der Waals surface area (Å²) in [5.74, 6) is -0.786. The summed E-state index contributed by atoms with van der Waals surface area (Å²) in [4.78, 5) is 10.1. The molecule has 0 N–H and O–H groups in total. The number of carbonyl (C=O) groups is 1. The molecular weight excluding hydrogens is 330 g/mol. The summed E-state index contributed by atoms with van der Waals surface area (Å²) in [5.41, 5.74) is -7.09. The van der Waals surface area contributed by atoms with Gasteiger partial charge in [-0.1, -0.05) is 12.1 Å². The summed E-state index contributed by atoms with van der Waals surface area (Å²) in [5, 5.41) is -1.65. The van der Waals surface area contributed by atoms with Crippen molar-refractivity contribution in [1.29, 1.82) is 0 Å². The van der Waals surface area contributed by atoms with Crippen molar-refractivity contribution in [3.63, 3.8) is 0 Å². The van der Waals surface area contributed by atoms with E-state index >= 15 is 0 Å². The number of alkyl halides is 7. The Bertz CT molecular complexity index is 511. The van der Waals surface area contributed by atoms with Gasteiger partial charge in [-0.25, -0.2) is 0 Å². The van der Waals surface area contributed by atoms with Crippen LogP contribution in [0.15, 0.2) is 23.1 Å². The number of thioether (sulfide) groups is 1. The number of carbonyl (C=O) groups excluding carboxylic acids is 1. The molecule has 0 bridgehead atoms. The van der Waals surface area contributed by atoms with Gasteiger partial charge in [0.2, 0.25) is 0 Å². The summed E-state index contributed by atoms with van der Waals surface area (Å²) >= 11 is 4.66. The maximum atomic E-state index is 13.0. The standard InChI is InChI=1S/C11H7ClF6OS/c1-5(19)9(12)6-3-2-4-7(20-11(16,17)18)8(6)10(13,14)15/h2-4,9H,1H3. The highest BCUT2D eigenvalue weighted by molar-refractivity contribution is 8.00. The van der Waals surface area contributed by atoms with Crippen LogP contribution in [0.1, 0.15) is 23.4 Å². The van der Waals surface area contributed by atoms with Gasteiger partial charge in [-0.15, -0.1) is 11.6 Å². The molecule has 1 aromatic rings. The quantitative estimate of drug-likeness (QED) is 0.429. The second-order valence-electron chi connectivity index (χ2n) is 3.74. The van der Waals surface area contributed by atoms with E-state index in [1.807, 2.05) is 0 Å². The van der Waals surface area contributed by atoms with E-state index in [0.717, 1.165) is 19.1 Å². The Labute approximate surface area is 119 Å². The number of Topliss-reactive ketones (excluding diaryl/α,β-unsaturated/α-hetero) is 1. The smallest absolute Gasteiger partial charge is 0.298 e. The number of ketones is 1. The van der Waals surface area contributed by atoms with Crippen LogP contribution in [0.5, 0.6) is 0 Å². The lowest BCUT2D eigenvalue weighted by Crippen LogP contribution is -2.16. The minimum Gasteiger partial charge on any atom is -0.298 e. The van der Waals surface area contributed by atoms with Crippen LogP contribution in [-0.2, 0) is 11.0 Å². The molecule has 0 aliphatic heterocycles. The van der Waals surface area contributed by atoms with E-state index in [1.165, 1.54) is 0 Å². The van der Waals surface area contributed by atoms with E-state index in [0.29, 0.717) is 6.07 Å². The Morgan fingerprint density at radius 1 is 1.20 bits per heavy atom. The largest absolute Gasteiger partial charge is 0.446 e. The van der Waals surface area contributed by atoms with Crippen LogP contribution in [-0.4, -0.2) is 11.3 Å². The molecule has 0 aliphatic carbocycles. The molecule has 9 heteroatoms. The van der Waals surface area contributed by atoms with Crippen molar-refractivity contribution < 1.29 is 31.1 Å². The topological polar surface area (TPSA) is 17.1 Å². The van der Waals surface area contributed by atoms with E-state index in [2.05, 4.69) is 0 Å². The first-order valence-corrected chi connectivity index (χ1v) is 6.29. The fraction of sp³-hybridized carbons (Fsp3) is 0.364. The first kappa shape index (κ1) is 17.2. The van der Waals surface area contributed by atoms with Gasteiger partial charge in [-0.2, -0.15) is 26.3 Å². The normalized spacial score (nSPS) is 14.2. The van der Waals surface area contributed by atoms with Gasteiger partial charge in [0.25, 0.3) is 0 Å². The molecule has 1 atom stereocenters. The molecule has 0 aromatic heterocycles. The molecule has 1 aromatic carbocycles. The Morgan fingerprint density at radius 2 is 1.75 bits per heavy atom.